The van der Waals surface area contributed by atoms with Crippen molar-refractivity contribution in [2.45, 2.75) is 19.3 Å². The van der Waals surface area contributed by atoms with Gasteiger partial charge in [-0.25, -0.2) is 0 Å². The van der Waals surface area contributed by atoms with Gasteiger partial charge >= 0.3 is 0 Å². The number of carbonyl (C=O) groups is 1. The van der Waals surface area contributed by atoms with Crippen LogP contribution in [0.25, 0.3) is 0 Å². The lowest BCUT2D eigenvalue weighted by molar-refractivity contribution is -0.121. The average molecular weight is 289 g/mol. The molecule has 0 fully saturated rings. The zero-order valence-corrected chi connectivity index (χ0v) is 11.9. The SMILES string of the molecule is CNCCNC(=O)CCCc1ccc(Cl)c(Cl)c1. The maximum Gasteiger partial charge on any atom is 0.220 e. The molecule has 0 unspecified atom stereocenters. The fourth-order valence-corrected chi connectivity index (χ4v) is 1.88. The third-order valence-electron chi connectivity index (χ3n) is 2.55. The number of halogens is 2. The lowest BCUT2D eigenvalue weighted by Crippen LogP contribution is -2.30. The van der Waals surface area contributed by atoms with E-state index in [9.17, 15) is 4.79 Å². The third kappa shape index (κ3) is 5.71. The van der Waals surface area contributed by atoms with Crippen LogP contribution in [0.2, 0.25) is 10.0 Å². The van der Waals surface area contributed by atoms with Crippen LogP contribution >= 0.6 is 23.2 Å². The molecule has 0 spiro atoms. The summed E-state index contributed by atoms with van der Waals surface area (Å²) in [5, 5.41) is 6.94. The highest BCUT2D eigenvalue weighted by Crippen LogP contribution is 2.23. The van der Waals surface area contributed by atoms with Gasteiger partial charge in [0.2, 0.25) is 5.91 Å². The van der Waals surface area contributed by atoms with Gasteiger partial charge in [0.05, 0.1) is 10.0 Å². The first-order valence-electron chi connectivity index (χ1n) is 5.98. The topological polar surface area (TPSA) is 41.1 Å². The highest BCUT2D eigenvalue weighted by Gasteiger charge is 2.03. The predicted octanol–water partition coefficient (Wildman–Crippen LogP) is 2.65. The zero-order valence-electron chi connectivity index (χ0n) is 10.4. The number of carbonyl (C=O) groups excluding carboxylic acids is 1. The molecule has 3 nitrogen and oxygen atoms in total. The average Bonchev–Trinajstić information content (AvgIpc) is 2.34. The van der Waals surface area contributed by atoms with Crippen molar-refractivity contribution < 1.29 is 4.79 Å². The highest BCUT2D eigenvalue weighted by atomic mass is 35.5. The number of benzene rings is 1. The quantitative estimate of drug-likeness (QED) is 0.758. The van der Waals surface area contributed by atoms with Gasteiger partial charge in [-0.05, 0) is 37.6 Å². The molecule has 0 aliphatic carbocycles. The van der Waals surface area contributed by atoms with Crippen LogP contribution in [-0.4, -0.2) is 26.0 Å². The summed E-state index contributed by atoms with van der Waals surface area (Å²) in [6.45, 7) is 1.46. The van der Waals surface area contributed by atoms with Crippen molar-refractivity contribution in [2.75, 3.05) is 20.1 Å². The standard InChI is InChI=1S/C13H18Cl2N2O/c1-16-7-8-17-13(18)4-2-3-10-5-6-11(14)12(15)9-10/h5-6,9,16H,2-4,7-8H2,1H3,(H,17,18). The number of aryl methyl sites for hydroxylation is 1. The Hall–Kier alpha value is -0.770. The van der Waals surface area contributed by atoms with E-state index in [-0.39, 0.29) is 5.91 Å². The summed E-state index contributed by atoms with van der Waals surface area (Å²) in [7, 11) is 1.86. The van der Waals surface area contributed by atoms with Crippen molar-refractivity contribution in [1.82, 2.24) is 10.6 Å². The molecule has 0 atom stereocenters. The molecular formula is C13H18Cl2N2O. The van der Waals surface area contributed by atoms with Crippen molar-refractivity contribution in [3.63, 3.8) is 0 Å². The Labute approximate surface area is 118 Å². The highest BCUT2D eigenvalue weighted by molar-refractivity contribution is 6.42. The first-order chi connectivity index (χ1) is 8.63. The van der Waals surface area contributed by atoms with Gasteiger partial charge in [0.25, 0.3) is 0 Å². The smallest absolute Gasteiger partial charge is 0.220 e. The summed E-state index contributed by atoms with van der Waals surface area (Å²) in [6, 6.07) is 5.57. The minimum Gasteiger partial charge on any atom is -0.355 e. The molecule has 0 aromatic heterocycles. The number of hydrogen-bond acceptors (Lipinski definition) is 2. The van der Waals surface area contributed by atoms with Gasteiger partial charge in [-0.3, -0.25) is 4.79 Å². The van der Waals surface area contributed by atoms with E-state index in [1.54, 1.807) is 6.07 Å². The van der Waals surface area contributed by atoms with E-state index in [4.69, 9.17) is 23.2 Å². The largest absolute Gasteiger partial charge is 0.355 e. The minimum atomic E-state index is 0.0883. The van der Waals surface area contributed by atoms with Crippen LogP contribution < -0.4 is 10.6 Å². The summed E-state index contributed by atoms with van der Waals surface area (Å²) in [5.41, 5.74) is 1.10. The summed E-state index contributed by atoms with van der Waals surface area (Å²) < 4.78 is 0. The van der Waals surface area contributed by atoms with Gasteiger partial charge in [-0.1, -0.05) is 29.3 Å². The van der Waals surface area contributed by atoms with Gasteiger partial charge in [-0.15, -0.1) is 0 Å². The van der Waals surface area contributed by atoms with Crippen LogP contribution in [-0.2, 0) is 11.2 Å². The van der Waals surface area contributed by atoms with Crippen molar-refractivity contribution in [1.29, 1.82) is 0 Å². The minimum absolute atomic E-state index is 0.0883. The van der Waals surface area contributed by atoms with Gasteiger partial charge in [0, 0.05) is 19.5 Å². The second-order valence-corrected chi connectivity index (χ2v) is 4.87. The van der Waals surface area contributed by atoms with Crippen LogP contribution in [0.3, 0.4) is 0 Å². The lowest BCUT2D eigenvalue weighted by atomic mass is 10.1. The van der Waals surface area contributed by atoms with Crippen molar-refractivity contribution in [3.05, 3.63) is 33.8 Å². The van der Waals surface area contributed by atoms with Gasteiger partial charge < -0.3 is 10.6 Å². The normalized spacial score (nSPS) is 10.4. The van der Waals surface area contributed by atoms with Crippen molar-refractivity contribution >= 4 is 29.1 Å². The van der Waals surface area contributed by atoms with Crippen LogP contribution in [0.1, 0.15) is 18.4 Å². The molecule has 1 aromatic rings. The number of likely N-dealkylation sites (N-methyl/N-ethyl adjacent to an activating group) is 1. The molecule has 0 aliphatic heterocycles. The Bertz CT molecular complexity index is 397. The molecule has 0 saturated carbocycles. The first-order valence-corrected chi connectivity index (χ1v) is 6.74. The second-order valence-electron chi connectivity index (χ2n) is 4.06. The number of amides is 1. The fraction of sp³-hybridized carbons (Fsp3) is 0.462. The first kappa shape index (κ1) is 15.3. The molecule has 5 heteroatoms. The van der Waals surface area contributed by atoms with E-state index in [0.29, 0.717) is 23.0 Å². The Kier molecular flexibility index (Phi) is 7.09. The monoisotopic (exact) mass is 288 g/mol. The molecule has 0 radical (unpaired) electrons. The van der Waals surface area contributed by atoms with E-state index in [1.165, 1.54) is 0 Å². The maximum atomic E-state index is 11.4. The molecule has 0 saturated heterocycles. The maximum absolute atomic E-state index is 11.4. The predicted molar refractivity (Wildman–Crippen MR) is 76.3 cm³/mol. The summed E-state index contributed by atoms with van der Waals surface area (Å²) in [4.78, 5) is 11.4. The number of rotatable bonds is 7. The zero-order chi connectivity index (χ0) is 13.4. The van der Waals surface area contributed by atoms with Crippen LogP contribution in [0.5, 0.6) is 0 Å². The molecule has 18 heavy (non-hydrogen) atoms. The molecule has 1 aromatic carbocycles. The molecule has 0 bridgehead atoms. The summed E-state index contributed by atoms with van der Waals surface area (Å²) in [6.07, 6.45) is 2.17. The van der Waals surface area contributed by atoms with E-state index >= 15 is 0 Å². The second kappa shape index (κ2) is 8.35. The molecule has 2 N–H and O–H groups in total. The van der Waals surface area contributed by atoms with Crippen LogP contribution in [0.4, 0.5) is 0 Å². The van der Waals surface area contributed by atoms with Gasteiger partial charge in [0.1, 0.15) is 0 Å². The van der Waals surface area contributed by atoms with E-state index in [1.807, 2.05) is 19.2 Å². The summed E-state index contributed by atoms with van der Waals surface area (Å²) >= 11 is 11.8. The number of hydrogen-bond donors (Lipinski definition) is 2. The van der Waals surface area contributed by atoms with Crippen LogP contribution in [0, 0.1) is 0 Å². The Balaban J connectivity index is 2.24. The Morgan fingerprint density at radius 1 is 1.22 bits per heavy atom. The lowest BCUT2D eigenvalue weighted by Gasteiger charge is -2.05. The molecule has 100 valence electrons. The van der Waals surface area contributed by atoms with Gasteiger partial charge in [0.15, 0.2) is 0 Å². The number of nitrogens with one attached hydrogen (secondary N) is 2. The van der Waals surface area contributed by atoms with Gasteiger partial charge in [-0.2, -0.15) is 0 Å². The summed E-state index contributed by atoms with van der Waals surface area (Å²) in [5.74, 6) is 0.0883. The van der Waals surface area contributed by atoms with Crippen molar-refractivity contribution in [3.8, 4) is 0 Å². The van der Waals surface area contributed by atoms with Crippen molar-refractivity contribution in [2.24, 2.45) is 0 Å². The Morgan fingerprint density at radius 3 is 2.67 bits per heavy atom. The van der Waals surface area contributed by atoms with E-state index < -0.39 is 0 Å². The van der Waals surface area contributed by atoms with Crippen LogP contribution in [0.15, 0.2) is 18.2 Å². The third-order valence-corrected chi connectivity index (χ3v) is 3.29. The molecule has 1 rings (SSSR count). The Morgan fingerprint density at radius 2 is 2.00 bits per heavy atom. The molecule has 0 aliphatic rings. The molecule has 1 amide bonds. The van der Waals surface area contributed by atoms with E-state index in [0.717, 1.165) is 24.9 Å². The molecular weight excluding hydrogens is 271 g/mol. The van der Waals surface area contributed by atoms with E-state index in [2.05, 4.69) is 10.6 Å². The molecule has 0 heterocycles. The fourth-order valence-electron chi connectivity index (χ4n) is 1.56.